The van der Waals surface area contributed by atoms with E-state index in [1.807, 2.05) is 0 Å². The first-order chi connectivity index (χ1) is 7.22. The van der Waals surface area contributed by atoms with E-state index >= 15 is 0 Å². The molecule has 0 aromatic carbocycles. The van der Waals surface area contributed by atoms with E-state index in [1.54, 1.807) is 18.6 Å². The van der Waals surface area contributed by atoms with E-state index in [4.69, 9.17) is 0 Å². The molecule has 1 heterocycles. The molecule has 1 aliphatic carbocycles. The van der Waals surface area contributed by atoms with Gasteiger partial charge in [-0.05, 0) is 18.3 Å². The van der Waals surface area contributed by atoms with Crippen molar-refractivity contribution >= 4 is 0 Å². The van der Waals surface area contributed by atoms with E-state index in [2.05, 4.69) is 16.9 Å². The molecule has 2 rings (SSSR count). The fourth-order valence-corrected chi connectivity index (χ4v) is 2.44. The number of aliphatic hydroxyl groups is 1. The van der Waals surface area contributed by atoms with E-state index in [0.717, 1.165) is 12.8 Å². The number of aliphatic hydroxyl groups excluding tert-OH is 1. The van der Waals surface area contributed by atoms with Crippen molar-refractivity contribution in [2.45, 2.75) is 45.1 Å². The van der Waals surface area contributed by atoms with Gasteiger partial charge in [-0.2, -0.15) is 0 Å². The van der Waals surface area contributed by atoms with Crippen molar-refractivity contribution in [1.82, 2.24) is 9.97 Å². The Kier molecular flexibility index (Phi) is 3.00. The molecule has 3 nitrogen and oxygen atoms in total. The first kappa shape index (κ1) is 10.6. The molecule has 1 aromatic rings. The third-order valence-electron chi connectivity index (χ3n) is 3.52. The van der Waals surface area contributed by atoms with Crippen LogP contribution in [0.25, 0.3) is 0 Å². The Hall–Kier alpha value is -0.960. The van der Waals surface area contributed by atoms with Gasteiger partial charge in [0.1, 0.15) is 6.10 Å². The SMILES string of the molecule is CC1(C(O)c2cnccn2)CCCCC1. The maximum Gasteiger partial charge on any atom is 0.103 e. The number of hydrogen-bond acceptors (Lipinski definition) is 3. The minimum Gasteiger partial charge on any atom is -0.386 e. The summed E-state index contributed by atoms with van der Waals surface area (Å²) >= 11 is 0. The Bertz CT molecular complexity index is 307. The molecule has 1 saturated carbocycles. The van der Waals surface area contributed by atoms with Crippen molar-refractivity contribution in [3.05, 3.63) is 24.3 Å². The van der Waals surface area contributed by atoms with Gasteiger partial charge in [0.15, 0.2) is 0 Å². The zero-order chi connectivity index (χ0) is 10.7. The minimum atomic E-state index is -0.466. The summed E-state index contributed by atoms with van der Waals surface area (Å²) in [5.41, 5.74) is 0.704. The molecular weight excluding hydrogens is 188 g/mol. The van der Waals surface area contributed by atoms with E-state index in [9.17, 15) is 5.11 Å². The molecule has 15 heavy (non-hydrogen) atoms. The van der Waals surface area contributed by atoms with Gasteiger partial charge in [0, 0.05) is 12.4 Å². The Labute approximate surface area is 90.6 Å². The second-order valence-corrected chi connectivity index (χ2v) is 4.75. The average Bonchev–Trinajstić information content (AvgIpc) is 2.30. The predicted octanol–water partition coefficient (Wildman–Crippen LogP) is 2.48. The first-order valence-electron chi connectivity index (χ1n) is 5.66. The molecular formula is C12H18N2O. The summed E-state index contributed by atoms with van der Waals surface area (Å²) in [5.74, 6) is 0. The van der Waals surface area contributed by atoms with Crippen LogP contribution in [0, 0.1) is 5.41 Å². The molecule has 1 unspecified atom stereocenters. The summed E-state index contributed by atoms with van der Waals surface area (Å²) in [5, 5.41) is 10.3. The van der Waals surface area contributed by atoms with Crippen LogP contribution in [0.4, 0.5) is 0 Å². The Morgan fingerprint density at radius 3 is 2.60 bits per heavy atom. The van der Waals surface area contributed by atoms with E-state index in [0.29, 0.717) is 5.69 Å². The van der Waals surface area contributed by atoms with Gasteiger partial charge in [0.05, 0.1) is 11.9 Å². The summed E-state index contributed by atoms with van der Waals surface area (Å²) in [4.78, 5) is 8.20. The van der Waals surface area contributed by atoms with Crippen LogP contribution in [0.1, 0.15) is 50.8 Å². The zero-order valence-corrected chi connectivity index (χ0v) is 9.19. The first-order valence-corrected chi connectivity index (χ1v) is 5.66. The number of nitrogens with zero attached hydrogens (tertiary/aromatic N) is 2. The van der Waals surface area contributed by atoms with Crippen molar-refractivity contribution in [1.29, 1.82) is 0 Å². The molecule has 1 N–H and O–H groups in total. The van der Waals surface area contributed by atoms with Crippen LogP contribution < -0.4 is 0 Å². The minimum absolute atomic E-state index is 0.00567. The number of rotatable bonds is 2. The maximum absolute atomic E-state index is 10.3. The van der Waals surface area contributed by atoms with Gasteiger partial charge >= 0.3 is 0 Å². The second-order valence-electron chi connectivity index (χ2n) is 4.75. The highest BCUT2D eigenvalue weighted by Gasteiger charge is 2.35. The highest BCUT2D eigenvalue weighted by Crippen LogP contribution is 2.44. The quantitative estimate of drug-likeness (QED) is 0.808. The Balaban J connectivity index is 2.16. The van der Waals surface area contributed by atoms with Crippen LogP contribution in [-0.4, -0.2) is 15.1 Å². The summed E-state index contributed by atoms with van der Waals surface area (Å²) in [7, 11) is 0. The average molecular weight is 206 g/mol. The van der Waals surface area contributed by atoms with Gasteiger partial charge in [-0.3, -0.25) is 9.97 Å². The van der Waals surface area contributed by atoms with Gasteiger partial charge in [-0.25, -0.2) is 0 Å². The standard InChI is InChI=1S/C12H18N2O/c1-12(5-3-2-4-6-12)11(15)10-9-13-7-8-14-10/h7-9,11,15H,2-6H2,1H3. The van der Waals surface area contributed by atoms with Crippen molar-refractivity contribution in [3.63, 3.8) is 0 Å². The third kappa shape index (κ3) is 2.17. The molecule has 3 heteroatoms. The molecule has 1 aliphatic rings. The van der Waals surface area contributed by atoms with Crippen molar-refractivity contribution in [3.8, 4) is 0 Å². The topological polar surface area (TPSA) is 46.0 Å². The predicted molar refractivity (Wildman–Crippen MR) is 58.2 cm³/mol. The maximum atomic E-state index is 10.3. The van der Waals surface area contributed by atoms with Crippen molar-refractivity contribution in [2.75, 3.05) is 0 Å². The van der Waals surface area contributed by atoms with Gasteiger partial charge in [0.2, 0.25) is 0 Å². The largest absolute Gasteiger partial charge is 0.386 e. The van der Waals surface area contributed by atoms with Gasteiger partial charge in [-0.1, -0.05) is 26.2 Å². The van der Waals surface area contributed by atoms with Gasteiger partial charge < -0.3 is 5.11 Å². The molecule has 82 valence electrons. The normalized spacial score (nSPS) is 22.3. The number of hydrogen-bond donors (Lipinski definition) is 1. The lowest BCUT2D eigenvalue weighted by Crippen LogP contribution is -2.28. The highest BCUT2D eigenvalue weighted by molar-refractivity contribution is 5.05. The van der Waals surface area contributed by atoms with E-state index in [-0.39, 0.29) is 5.41 Å². The molecule has 1 fully saturated rings. The van der Waals surface area contributed by atoms with Crippen LogP contribution >= 0.6 is 0 Å². The van der Waals surface area contributed by atoms with Crippen LogP contribution in [0.2, 0.25) is 0 Å². The summed E-state index contributed by atoms with van der Waals surface area (Å²) in [6, 6.07) is 0. The Morgan fingerprint density at radius 2 is 2.00 bits per heavy atom. The van der Waals surface area contributed by atoms with Crippen LogP contribution in [0.15, 0.2) is 18.6 Å². The van der Waals surface area contributed by atoms with E-state index < -0.39 is 6.10 Å². The molecule has 0 radical (unpaired) electrons. The fourth-order valence-electron chi connectivity index (χ4n) is 2.44. The lowest BCUT2D eigenvalue weighted by molar-refractivity contribution is 0.00500. The van der Waals surface area contributed by atoms with Crippen molar-refractivity contribution in [2.24, 2.45) is 5.41 Å². The van der Waals surface area contributed by atoms with Crippen LogP contribution in [0.5, 0.6) is 0 Å². The fraction of sp³-hybridized carbons (Fsp3) is 0.667. The number of aromatic nitrogens is 2. The molecule has 1 atom stereocenters. The summed E-state index contributed by atoms with van der Waals surface area (Å²) in [6.45, 7) is 2.16. The van der Waals surface area contributed by atoms with Gasteiger partial charge in [-0.15, -0.1) is 0 Å². The molecule has 0 aliphatic heterocycles. The second kappa shape index (κ2) is 4.27. The molecule has 0 saturated heterocycles. The molecule has 1 aromatic heterocycles. The zero-order valence-electron chi connectivity index (χ0n) is 9.19. The summed E-state index contributed by atoms with van der Waals surface area (Å²) in [6.07, 6.45) is 10.4. The van der Waals surface area contributed by atoms with Gasteiger partial charge in [0.25, 0.3) is 0 Å². The molecule has 0 spiro atoms. The monoisotopic (exact) mass is 206 g/mol. The lowest BCUT2D eigenvalue weighted by atomic mass is 9.71. The van der Waals surface area contributed by atoms with Crippen LogP contribution in [0.3, 0.4) is 0 Å². The molecule has 0 bridgehead atoms. The Morgan fingerprint density at radius 1 is 1.27 bits per heavy atom. The highest BCUT2D eigenvalue weighted by atomic mass is 16.3. The van der Waals surface area contributed by atoms with Crippen molar-refractivity contribution < 1.29 is 5.11 Å². The smallest absolute Gasteiger partial charge is 0.103 e. The third-order valence-corrected chi connectivity index (χ3v) is 3.52. The van der Waals surface area contributed by atoms with E-state index in [1.165, 1.54) is 19.3 Å². The molecule has 0 amide bonds. The summed E-state index contributed by atoms with van der Waals surface area (Å²) < 4.78 is 0. The lowest BCUT2D eigenvalue weighted by Gasteiger charge is -2.37. The van der Waals surface area contributed by atoms with Crippen LogP contribution in [-0.2, 0) is 0 Å².